The number of carboxylic acids is 2. The summed E-state index contributed by atoms with van der Waals surface area (Å²) in [5.74, 6) is -2.57. The van der Waals surface area contributed by atoms with Crippen LogP contribution >= 0.6 is 21.6 Å². The predicted molar refractivity (Wildman–Crippen MR) is 129 cm³/mol. The van der Waals surface area contributed by atoms with Crippen LogP contribution in [0.5, 0.6) is 0 Å². The number of ether oxygens (including phenoxy) is 1. The Morgan fingerprint density at radius 3 is 2.00 bits per heavy atom. The third-order valence-electron chi connectivity index (χ3n) is 5.42. The second kappa shape index (κ2) is 11.6. The van der Waals surface area contributed by atoms with E-state index < -0.39 is 35.2 Å². The smallest absolute Gasteiger partial charge is 0.320 e. The highest BCUT2D eigenvalue weighted by atomic mass is 33.1. The van der Waals surface area contributed by atoms with Crippen molar-refractivity contribution in [3.05, 3.63) is 59.7 Å². The normalized spacial score (nSPS) is 15.2. The molecule has 0 amide bonds. The molecule has 0 radical (unpaired) electrons. The number of hydrogen-bond acceptors (Lipinski definition) is 8. The van der Waals surface area contributed by atoms with Gasteiger partial charge in [0, 0.05) is 11.7 Å². The average Bonchev–Trinajstić information content (AvgIpc) is 3.12. The van der Waals surface area contributed by atoms with E-state index in [1.54, 1.807) is 0 Å². The van der Waals surface area contributed by atoms with Crippen LogP contribution in [0.15, 0.2) is 48.5 Å². The first-order valence-corrected chi connectivity index (χ1v) is 12.8. The van der Waals surface area contributed by atoms with Crippen molar-refractivity contribution < 1.29 is 29.3 Å². The van der Waals surface area contributed by atoms with Crippen LogP contribution in [0.3, 0.4) is 0 Å². The fraction of sp³-hybridized carbons (Fsp3) is 0.348. The number of fused-ring (bicyclic) bond motifs is 3. The molecule has 2 aromatic rings. The Kier molecular flexibility index (Phi) is 8.79. The number of esters is 1. The summed E-state index contributed by atoms with van der Waals surface area (Å²) >= 11 is 0. The Bertz CT molecular complexity index is 972. The maximum absolute atomic E-state index is 12.9. The molecular formula is C23H26N2O6S2. The Morgan fingerprint density at radius 1 is 0.909 bits per heavy atom. The third kappa shape index (κ3) is 6.29. The van der Waals surface area contributed by atoms with Crippen molar-refractivity contribution in [2.75, 3.05) is 12.4 Å². The number of aliphatic carboxylic acids is 2. The van der Waals surface area contributed by atoms with E-state index in [2.05, 4.69) is 0 Å². The molecule has 0 saturated heterocycles. The van der Waals surface area contributed by atoms with Gasteiger partial charge in [-0.05, 0) is 35.1 Å². The average molecular weight is 491 g/mol. The van der Waals surface area contributed by atoms with E-state index >= 15 is 0 Å². The molecule has 2 aromatic carbocycles. The minimum absolute atomic E-state index is 0.103. The van der Waals surface area contributed by atoms with Crippen LogP contribution in [0, 0.1) is 0 Å². The number of benzene rings is 2. The van der Waals surface area contributed by atoms with Crippen LogP contribution in [0.1, 0.15) is 29.9 Å². The highest BCUT2D eigenvalue weighted by molar-refractivity contribution is 8.77. The van der Waals surface area contributed by atoms with Crippen molar-refractivity contribution in [2.45, 2.75) is 36.1 Å². The molecule has 33 heavy (non-hydrogen) atoms. The van der Waals surface area contributed by atoms with Crippen molar-refractivity contribution in [1.29, 1.82) is 0 Å². The molecule has 3 rings (SSSR count). The predicted octanol–water partition coefficient (Wildman–Crippen LogP) is 2.70. The van der Waals surface area contributed by atoms with E-state index in [4.69, 9.17) is 26.4 Å². The van der Waals surface area contributed by atoms with Gasteiger partial charge in [-0.3, -0.25) is 14.4 Å². The maximum atomic E-state index is 12.9. The number of hydrogen-bond donors (Lipinski definition) is 4. The van der Waals surface area contributed by atoms with E-state index in [0.717, 1.165) is 33.0 Å². The number of carbonyl (C=O) groups is 3. The minimum atomic E-state index is -1.22. The van der Waals surface area contributed by atoms with Crippen molar-refractivity contribution >= 4 is 39.5 Å². The molecule has 6 N–H and O–H groups in total. The zero-order chi connectivity index (χ0) is 24.0. The molecule has 1 aliphatic rings. The fourth-order valence-electron chi connectivity index (χ4n) is 3.63. The van der Waals surface area contributed by atoms with Crippen LogP contribution in [0.4, 0.5) is 0 Å². The molecule has 0 bridgehead atoms. The standard InChI is InChI=1S/C23H26N2O6S2/c24-18(21(26)27)9-10-32-33-20(11-19(25)22(28)29)23(30)31-12-17-15-7-3-1-5-13(15)14-6-2-4-8-16(14)17/h1-8,17-20H,9-12,24-25H2,(H,26,27)(H,28,29)/t18-,19-,20?/m0/s1. The first kappa shape index (κ1) is 25.1. The van der Waals surface area contributed by atoms with Crippen LogP contribution in [-0.4, -0.2) is 57.8 Å². The Labute approximate surface area is 199 Å². The van der Waals surface area contributed by atoms with E-state index in [1.165, 1.54) is 10.8 Å². The van der Waals surface area contributed by atoms with Crippen LogP contribution in [0.25, 0.3) is 11.1 Å². The lowest BCUT2D eigenvalue weighted by Crippen LogP contribution is -2.36. The molecule has 0 aromatic heterocycles. The highest BCUT2D eigenvalue weighted by Crippen LogP contribution is 2.44. The zero-order valence-electron chi connectivity index (χ0n) is 17.8. The summed E-state index contributed by atoms with van der Waals surface area (Å²) in [6, 6.07) is 13.7. The monoisotopic (exact) mass is 490 g/mol. The molecular weight excluding hydrogens is 464 g/mol. The molecule has 8 nitrogen and oxygen atoms in total. The van der Waals surface area contributed by atoms with Gasteiger partial charge in [0.1, 0.15) is 23.9 Å². The van der Waals surface area contributed by atoms with E-state index in [0.29, 0.717) is 5.75 Å². The molecule has 0 heterocycles. The highest BCUT2D eigenvalue weighted by Gasteiger charge is 2.32. The lowest BCUT2D eigenvalue weighted by molar-refractivity contribution is -0.144. The lowest BCUT2D eigenvalue weighted by Gasteiger charge is -2.19. The van der Waals surface area contributed by atoms with E-state index in [9.17, 15) is 14.4 Å². The van der Waals surface area contributed by atoms with Gasteiger partial charge < -0.3 is 26.4 Å². The summed E-state index contributed by atoms with van der Waals surface area (Å²) in [5, 5.41) is 17.2. The second-order valence-electron chi connectivity index (χ2n) is 7.68. The lowest BCUT2D eigenvalue weighted by atomic mass is 9.98. The molecule has 0 saturated carbocycles. The molecule has 10 heteroatoms. The maximum Gasteiger partial charge on any atom is 0.320 e. The molecule has 0 fully saturated rings. The first-order valence-electron chi connectivity index (χ1n) is 10.4. The number of nitrogens with two attached hydrogens (primary N) is 2. The SMILES string of the molecule is N[C@@H](CCSSC(C[C@H](N)C(=O)O)C(=O)OCC1c2ccccc2-c2ccccc21)C(=O)O. The third-order valence-corrected chi connectivity index (χ3v) is 8.18. The van der Waals surface area contributed by atoms with Crippen molar-refractivity contribution in [2.24, 2.45) is 11.5 Å². The van der Waals surface area contributed by atoms with Crippen LogP contribution in [-0.2, 0) is 19.1 Å². The van der Waals surface area contributed by atoms with E-state index in [-0.39, 0.29) is 25.4 Å². The van der Waals surface area contributed by atoms with Gasteiger partial charge in [0.2, 0.25) is 0 Å². The molecule has 0 aliphatic heterocycles. The van der Waals surface area contributed by atoms with Crippen molar-refractivity contribution in [1.82, 2.24) is 0 Å². The largest absolute Gasteiger partial charge is 0.480 e. The summed E-state index contributed by atoms with van der Waals surface area (Å²) in [5.41, 5.74) is 15.5. The summed E-state index contributed by atoms with van der Waals surface area (Å²) < 4.78 is 5.66. The Hall–Kier alpha value is -2.53. The Balaban J connectivity index is 1.65. The first-order chi connectivity index (χ1) is 15.8. The Morgan fingerprint density at radius 2 is 1.45 bits per heavy atom. The number of rotatable bonds is 12. The van der Waals surface area contributed by atoms with Gasteiger partial charge in [-0.2, -0.15) is 0 Å². The minimum Gasteiger partial charge on any atom is -0.480 e. The van der Waals surface area contributed by atoms with Gasteiger partial charge in [0.15, 0.2) is 0 Å². The zero-order valence-corrected chi connectivity index (χ0v) is 19.4. The number of carboxylic acid groups (broad SMARTS) is 2. The van der Waals surface area contributed by atoms with Crippen molar-refractivity contribution in [3.8, 4) is 11.1 Å². The van der Waals surface area contributed by atoms with Gasteiger partial charge in [-0.1, -0.05) is 70.1 Å². The van der Waals surface area contributed by atoms with Gasteiger partial charge in [-0.15, -0.1) is 0 Å². The summed E-state index contributed by atoms with van der Waals surface area (Å²) in [6.45, 7) is 0.126. The van der Waals surface area contributed by atoms with Gasteiger partial charge in [0.25, 0.3) is 0 Å². The summed E-state index contributed by atoms with van der Waals surface area (Å²) in [7, 11) is 2.38. The molecule has 0 spiro atoms. The molecule has 3 atom stereocenters. The fourth-order valence-corrected chi connectivity index (χ4v) is 6.22. The van der Waals surface area contributed by atoms with Gasteiger partial charge >= 0.3 is 17.9 Å². The van der Waals surface area contributed by atoms with Crippen LogP contribution < -0.4 is 11.5 Å². The molecule has 1 unspecified atom stereocenters. The van der Waals surface area contributed by atoms with Crippen LogP contribution in [0.2, 0.25) is 0 Å². The van der Waals surface area contributed by atoms with Gasteiger partial charge in [-0.25, -0.2) is 0 Å². The van der Waals surface area contributed by atoms with E-state index in [1.807, 2.05) is 48.5 Å². The summed E-state index contributed by atoms with van der Waals surface area (Å²) in [4.78, 5) is 35.0. The summed E-state index contributed by atoms with van der Waals surface area (Å²) in [6.07, 6.45) is 0.115. The van der Waals surface area contributed by atoms with Gasteiger partial charge in [0.05, 0.1) is 0 Å². The molecule has 1 aliphatic carbocycles. The topological polar surface area (TPSA) is 153 Å². The second-order valence-corrected chi connectivity index (χ2v) is 10.4. The number of carbonyl (C=O) groups excluding carboxylic acids is 1. The quantitative estimate of drug-likeness (QED) is 0.198. The van der Waals surface area contributed by atoms with Crippen molar-refractivity contribution in [3.63, 3.8) is 0 Å². The molecule has 176 valence electrons.